The van der Waals surface area contributed by atoms with Gasteiger partial charge in [0.05, 0.1) is 22.5 Å². The molecule has 1 aromatic carbocycles. The zero-order valence-corrected chi connectivity index (χ0v) is 14.3. The number of nitro groups is 1. The molecule has 1 heterocycles. The number of hydrogen-bond donors (Lipinski definition) is 1. The lowest BCUT2D eigenvalue weighted by Gasteiger charge is -2.11. The van der Waals surface area contributed by atoms with Crippen molar-refractivity contribution in [1.82, 2.24) is 5.32 Å². The third-order valence-corrected chi connectivity index (χ3v) is 5.30. The average molecular weight is 377 g/mol. The number of carbonyl (C=O) groups excluding carboxylic acids is 1. The number of nitrogens with zero attached hydrogens (tertiary/aromatic N) is 1. The standard InChI is InChI=1S/C14H17ClN2O6S/c15-7-1-2-10-8-11(16-14(10)18)9-23-24(21,22)13-5-3-12(4-6-13)17(19)20/h3-6,10-11H,1-2,7-9H2,(H,16,18). The largest absolute Gasteiger partial charge is 0.351 e. The second-order valence-corrected chi connectivity index (χ2v) is 7.45. The van der Waals surface area contributed by atoms with E-state index in [1.165, 1.54) is 0 Å². The van der Waals surface area contributed by atoms with Crippen molar-refractivity contribution in [3.05, 3.63) is 34.4 Å². The number of nitrogens with one attached hydrogen (secondary N) is 1. The number of rotatable bonds is 8. The molecule has 24 heavy (non-hydrogen) atoms. The van der Waals surface area contributed by atoms with Crippen molar-refractivity contribution in [3.8, 4) is 0 Å². The van der Waals surface area contributed by atoms with E-state index in [9.17, 15) is 23.3 Å². The summed E-state index contributed by atoms with van der Waals surface area (Å²) >= 11 is 5.61. The van der Waals surface area contributed by atoms with Crippen molar-refractivity contribution in [2.75, 3.05) is 12.5 Å². The van der Waals surface area contributed by atoms with Gasteiger partial charge in [0.25, 0.3) is 15.8 Å². The molecule has 0 spiro atoms. The lowest BCUT2D eigenvalue weighted by molar-refractivity contribution is -0.384. The van der Waals surface area contributed by atoms with Crippen LogP contribution in [0.4, 0.5) is 5.69 Å². The van der Waals surface area contributed by atoms with Crippen LogP contribution in [-0.4, -0.2) is 37.8 Å². The van der Waals surface area contributed by atoms with Gasteiger partial charge in [-0.25, -0.2) is 0 Å². The minimum Gasteiger partial charge on any atom is -0.351 e. The number of benzene rings is 1. The first-order valence-electron chi connectivity index (χ1n) is 7.33. The van der Waals surface area contributed by atoms with E-state index in [0.717, 1.165) is 24.3 Å². The van der Waals surface area contributed by atoms with Crippen LogP contribution in [0.25, 0.3) is 0 Å². The molecule has 2 atom stereocenters. The fourth-order valence-electron chi connectivity index (χ4n) is 2.48. The fraction of sp³-hybridized carbons (Fsp3) is 0.500. The van der Waals surface area contributed by atoms with E-state index in [0.29, 0.717) is 25.1 Å². The van der Waals surface area contributed by atoms with Gasteiger partial charge in [0.15, 0.2) is 0 Å². The molecule has 2 rings (SSSR count). The van der Waals surface area contributed by atoms with E-state index in [1.54, 1.807) is 0 Å². The first-order chi connectivity index (χ1) is 11.3. The van der Waals surface area contributed by atoms with Crippen molar-refractivity contribution in [1.29, 1.82) is 0 Å². The van der Waals surface area contributed by atoms with E-state index >= 15 is 0 Å². The Kier molecular flexibility index (Phi) is 6.14. The van der Waals surface area contributed by atoms with Gasteiger partial charge >= 0.3 is 0 Å². The van der Waals surface area contributed by atoms with Gasteiger partial charge in [-0.15, -0.1) is 11.6 Å². The maximum Gasteiger partial charge on any atom is 0.297 e. The Morgan fingerprint density at radius 3 is 2.58 bits per heavy atom. The van der Waals surface area contributed by atoms with E-state index in [4.69, 9.17) is 15.8 Å². The normalized spacial score (nSPS) is 20.8. The molecule has 8 nitrogen and oxygen atoms in total. The minimum atomic E-state index is -4.04. The van der Waals surface area contributed by atoms with E-state index in [2.05, 4.69) is 5.32 Å². The number of amides is 1. The molecule has 1 saturated heterocycles. The van der Waals surface area contributed by atoms with E-state index in [1.807, 2.05) is 0 Å². The highest BCUT2D eigenvalue weighted by molar-refractivity contribution is 7.86. The first-order valence-corrected chi connectivity index (χ1v) is 9.28. The van der Waals surface area contributed by atoms with Crippen LogP contribution in [0.15, 0.2) is 29.2 Å². The van der Waals surface area contributed by atoms with Crippen molar-refractivity contribution in [3.63, 3.8) is 0 Å². The molecule has 10 heteroatoms. The van der Waals surface area contributed by atoms with Gasteiger partial charge in [-0.3, -0.25) is 19.1 Å². The average Bonchev–Trinajstić information content (AvgIpc) is 2.91. The third-order valence-electron chi connectivity index (χ3n) is 3.73. The molecule has 1 aliphatic rings. The molecule has 132 valence electrons. The van der Waals surface area contributed by atoms with Gasteiger partial charge in [0, 0.05) is 23.9 Å². The highest BCUT2D eigenvalue weighted by atomic mass is 35.5. The van der Waals surface area contributed by atoms with Crippen molar-refractivity contribution in [2.45, 2.75) is 30.2 Å². The van der Waals surface area contributed by atoms with E-state index < -0.39 is 15.0 Å². The SMILES string of the molecule is O=C1NC(COS(=O)(=O)c2ccc([N+](=O)[O-])cc2)CC1CCCCl. The highest BCUT2D eigenvalue weighted by Gasteiger charge is 2.32. The molecule has 1 amide bonds. The fourth-order valence-corrected chi connectivity index (χ4v) is 3.59. The Hall–Kier alpha value is -1.71. The minimum absolute atomic E-state index is 0.124. The summed E-state index contributed by atoms with van der Waals surface area (Å²) < 4.78 is 29.1. The van der Waals surface area contributed by atoms with Crippen LogP contribution in [0, 0.1) is 16.0 Å². The number of alkyl halides is 1. The maximum atomic E-state index is 12.1. The van der Waals surface area contributed by atoms with Crippen LogP contribution in [0.1, 0.15) is 19.3 Å². The van der Waals surface area contributed by atoms with Crippen LogP contribution in [0.2, 0.25) is 0 Å². The number of nitro benzene ring substituents is 1. The summed E-state index contributed by atoms with van der Waals surface area (Å²) in [5.41, 5.74) is -0.209. The summed E-state index contributed by atoms with van der Waals surface area (Å²) in [6, 6.07) is 4.03. The monoisotopic (exact) mass is 376 g/mol. The van der Waals surface area contributed by atoms with Crippen LogP contribution in [0.3, 0.4) is 0 Å². The number of halogens is 1. The van der Waals surface area contributed by atoms with Crippen LogP contribution in [0.5, 0.6) is 0 Å². The number of hydrogen-bond acceptors (Lipinski definition) is 6. The topological polar surface area (TPSA) is 116 Å². The molecule has 0 radical (unpaired) electrons. The molecular weight excluding hydrogens is 360 g/mol. The van der Waals surface area contributed by atoms with Gasteiger partial charge in [0.2, 0.25) is 5.91 Å². The molecule has 1 fully saturated rings. The summed E-state index contributed by atoms with van der Waals surface area (Å²) in [4.78, 5) is 21.5. The molecule has 0 aromatic heterocycles. The van der Waals surface area contributed by atoms with Gasteiger partial charge < -0.3 is 5.32 Å². The predicted octanol–water partition coefficient (Wildman–Crippen LogP) is 1.82. The van der Waals surface area contributed by atoms with Gasteiger partial charge in [0.1, 0.15) is 0 Å². The third kappa shape index (κ3) is 4.65. The van der Waals surface area contributed by atoms with Crippen molar-refractivity contribution in [2.24, 2.45) is 5.92 Å². The number of carbonyl (C=O) groups is 1. The molecule has 0 bridgehead atoms. The summed E-state index contributed by atoms with van der Waals surface area (Å²) in [6.07, 6.45) is 1.86. The summed E-state index contributed by atoms with van der Waals surface area (Å²) in [5.74, 6) is 0.167. The van der Waals surface area contributed by atoms with Crippen LogP contribution >= 0.6 is 11.6 Å². The Morgan fingerprint density at radius 1 is 1.33 bits per heavy atom. The molecule has 2 unspecified atom stereocenters. The molecule has 1 N–H and O–H groups in total. The second-order valence-electron chi connectivity index (χ2n) is 5.46. The Morgan fingerprint density at radius 2 is 2.00 bits per heavy atom. The summed E-state index contributed by atoms with van der Waals surface area (Å²) in [5, 5.41) is 13.3. The predicted molar refractivity (Wildman–Crippen MR) is 86.2 cm³/mol. The zero-order chi connectivity index (χ0) is 17.7. The van der Waals surface area contributed by atoms with Crippen LogP contribution in [-0.2, 0) is 19.1 Å². The molecular formula is C14H17ClN2O6S. The number of non-ortho nitro benzene ring substituents is 1. The van der Waals surface area contributed by atoms with Crippen molar-refractivity contribution >= 4 is 33.3 Å². The summed E-state index contributed by atoms with van der Waals surface area (Å²) in [6.45, 7) is -0.178. The Balaban J connectivity index is 1.93. The molecule has 1 aromatic rings. The quantitative estimate of drug-likeness (QED) is 0.320. The van der Waals surface area contributed by atoms with Gasteiger partial charge in [-0.1, -0.05) is 0 Å². The van der Waals surface area contributed by atoms with Crippen molar-refractivity contribution < 1.29 is 22.3 Å². The van der Waals surface area contributed by atoms with Crippen LogP contribution < -0.4 is 5.32 Å². The summed E-state index contributed by atoms with van der Waals surface area (Å²) in [7, 11) is -4.04. The van der Waals surface area contributed by atoms with Gasteiger partial charge in [-0.2, -0.15) is 8.42 Å². The van der Waals surface area contributed by atoms with Gasteiger partial charge in [-0.05, 0) is 31.4 Å². The second kappa shape index (κ2) is 7.91. The first kappa shape index (κ1) is 18.6. The molecule has 0 aliphatic carbocycles. The Bertz CT molecular complexity index is 706. The Labute approximate surface area is 144 Å². The molecule has 0 saturated carbocycles. The smallest absolute Gasteiger partial charge is 0.297 e. The lowest BCUT2D eigenvalue weighted by atomic mass is 10.0. The lowest BCUT2D eigenvalue weighted by Crippen LogP contribution is -2.31. The zero-order valence-electron chi connectivity index (χ0n) is 12.7. The highest BCUT2D eigenvalue weighted by Crippen LogP contribution is 2.23. The maximum absolute atomic E-state index is 12.1. The van der Waals surface area contributed by atoms with E-state index in [-0.39, 0.29) is 35.1 Å². The molecule has 1 aliphatic heterocycles.